The third kappa shape index (κ3) is 3.22. The van der Waals surface area contributed by atoms with Gasteiger partial charge in [0.25, 0.3) is 0 Å². The molecule has 7 nitrogen and oxygen atoms in total. The number of nitrogens with zero attached hydrogens (tertiary/aromatic N) is 3. The highest BCUT2D eigenvalue weighted by atomic mass is 79.9. The highest BCUT2D eigenvalue weighted by molar-refractivity contribution is 9.10. The van der Waals surface area contributed by atoms with Gasteiger partial charge in [-0.3, -0.25) is 5.10 Å². The number of hydrogen-bond donors (Lipinski definition) is 2. The lowest BCUT2D eigenvalue weighted by atomic mass is 10.3. The Morgan fingerprint density at radius 3 is 2.71 bits per heavy atom. The minimum absolute atomic E-state index is 0.0175. The average Bonchev–Trinajstić information content (AvgIpc) is 2.79. The van der Waals surface area contributed by atoms with Crippen molar-refractivity contribution in [2.75, 3.05) is 12.8 Å². The van der Waals surface area contributed by atoms with Crippen LogP contribution in [0.5, 0.6) is 0 Å². The lowest BCUT2D eigenvalue weighted by Crippen LogP contribution is -2.27. The Morgan fingerprint density at radius 2 is 2.14 bits per heavy atom. The number of rotatable bonds is 4. The number of hydrogen-bond acceptors (Lipinski definition) is 5. The van der Waals surface area contributed by atoms with Crippen LogP contribution in [-0.4, -0.2) is 35.0 Å². The first-order valence-electron chi connectivity index (χ1n) is 5.80. The molecule has 114 valence electrons. The molecule has 0 aliphatic rings. The van der Waals surface area contributed by atoms with E-state index in [0.717, 1.165) is 16.4 Å². The van der Waals surface area contributed by atoms with E-state index in [4.69, 9.17) is 5.73 Å². The molecule has 0 unspecified atom stereocenters. The quantitative estimate of drug-likeness (QED) is 0.783. The number of anilines is 1. The number of aryl methyl sites for hydroxylation is 1. The first kappa shape index (κ1) is 15.9. The molecule has 0 spiro atoms. The van der Waals surface area contributed by atoms with Gasteiger partial charge in [0.2, 0.25) is 10.0 Å². The van der Waals surface area contributed by atoms with Crippen LogP contribution in [0.3, 0.4) is 0 Å². The molecule has 0 amide bonds. The molecular weight excluding hydrogens is 365 g/mol. The summed E-state index contributed by atoms with van der Waals surface area (Å²) in [6.45, 7) is 1.69. The van der Waals surface area contributed by atoms with E-state index in [9.17, 15) is 12.8 Å². The van der Waals surface area contributed by atoms with Crippen molar-refractivity contribution in [3.05, 3.63) is 34.1 Å². The molecule has 1 aromatic carbocycles. The van der Waals surface area contributed by atoms with Crippen molar-refractivity contribution in [2.24, 2.45) is 0 Å². The first-order chi connectivity index (χ1) is 9.71. The summed E-state index contributed by atoms with van der Waals surface area (Å²) in [7, 11) is -2.47. The van der Waals surface area contributed by atoms with Gasteiger partial charge in [0.15, 0.2) is 5.82 Å². The number of nitrogen functional groups attached to an aromatic ring is 1. The summed E-state index contributed by atoms with van der Waals surface area (Å²) in [5.74, 6) is 0.237. The second-order valence-corrected chi connectivity index (χ2v) is 7.27. The predicted octanol–water partition coefficient (Wildman–Crippen LogP) is 1.42. The predicted molar refractivity (Wildman–Crippen MR) is 78.3 cm³/mol. The summed E-state index contributed by atoms with van der Waals surface area (Å²) in [6, 6.07) is 2.10. The van der Waals surface area contributed by atoms with Crippen molar-refractivity contribution in [3.63, 3.8) is 0 Å². The van der Waals surface area contributed by atoms with Crippen LogP contribution in [0, 0.1) is 12.7 Å². The third-order valence-electron chi connectivity index (χ3n) is 2.75. The molecule has 0 aliphatic heterocycles. The van der Waals surface area contributed by atoms with Gasteiger partial charge in [0.05, 0.1) is 17.1 Å². The molecule has 3 N–H and O–H groups in total. The molecule has 0 aliphatic carbocycles. The van der Waals surface area contributed by atoms with Crippen LogP contribution in [0.15, 0.2) is 21.5 Å². The van der Waals surface area contributed by atoms with E-state index in [2.05, 4.69) is 31.1 Å². The van der Waals surface area contributed by atoms with E-state index >= 15 is 0 Å². The lowest BCUT2D eigenvalue weighted by molar-refractivity contribution is 0.456. The molecular formula is C11H13BrFN5O2S. The number of H-pyrrole nitrogens is 1. The van der Waals surface area contributed by atoms with Crippen LogP contribution < -0.4 is 5.73 Å². The van der Waals surface area contributed by atoms with Gasteiger partial charge in [-0.15, -0.1) is 0 Å². The van der Waals surface area contributed by atoms with Gasteiger partial charge in [0.1, 0.15) is 11.6 Å². The normalized spacial score (nSPS) is 12.0. The number of aromatic nitrogens is 3. The van der Waals surface area contributed by atoms with Gasteiger partial charge < -0.3 is 5.73 Å². The fraction of sp³-hybridized carbons (Fsp3) is 0.273. The molecule has 0 atom stereocenters. The number of nitrogens with two attached hydrogens (primary N) is 1. The second kappa shape index (κ2) is 5.70. The number of sulfonamides is 1. The largest absolute Gasteiger partial charge is 0.396 e. The number of halogens is 2. The van der Waals surface area contributed by atoms with Crippen molar-refractivity contribution >= 4 is 31.6 Å². The smallest absolute Gasteiger partial charge is 0.244 e. The summed E-state index contributed by atoms with van der Waals surface area (Å²) in [5, 5.41) is 6.51. The van der Waals surface area contributed by atoms with Crippen molar-refractivity contribution in [2.45, 2.75) is 18.4 Å². The highest BCUT2D eigenvalue weighted by Gasteiger charge is 2.25. The Morgan fingerprint density at radius 1 is 1.48 bits per heavy atom. The minimum Gasteiger partial charge on any atom is -0.396 e. The maximum absolute atomic E-state index is 13.3. The van der Waals surface area contributed by atoms with Gasteiger partial charge in [-0.05, 0) is 35.0 Å². The van der Waals surface area contributed by atoms with Crippen LogP contribution in [0.1, 0.15) is 11.6 Å². The summed E-state index contributed by atoms with van der Waals surface area (Å²) < 4.78 is 39.4. The fourth-order valence-electron chi connectivity index (χ4n) is 1.65. The monoisotopic (exact) mass is 377 g/mol. The molecule has 21 heavy (non-hydrogen) atoms. The second-order valence-electron chi connectivity index (χ2n) is 4.40. The van der Waals surface area contributed by atoms with Crippen molar-refractivity contribution in [1.29, 1.82) is 0 Å². The first-order valence-corrected chi connectivity index (χ1v) is 8.04. The van der Waals surface area contributed by atoms with Gasteiger partial charge in [0, 0.05) is 11.5 Å². The Kier molecular flexibility index (Phi) is 4.30. The van der Waals surface area contributed by atoms with Crippen molar-refractivity contribution in [3.8, 4) is 0 Å². The van der Waals surface area contributed by atoms with Gasteiger partial charge >= 0.3 is 0 Å². The molecule has 1 aromatic heterocycles. The van der Waals surface area contributed by atoms with Crippen LogP contribution in [0.25, 0.3) is 0 Å². The SMILES string of the molecule is Cc1nc(CN(C)S(=O)(=O)c2cc(N)c(F)cc2Br)n[nH]1. The van der Waals surface area contributed by atoms with E-state index < -0.39 is 15.8 Å². The highest BCUT2D eigenvalue weighted by Crippen LogP contribution is 2.29. The zero-order chi connectivity index (χ0) is 15.8. The van der Waals surface area contributed by atoms with E-state index in [-0.39, 0.29) is 21.6 Å². The molecule has 0 saturated carbocycles. The van der Waals surface area contributed by atoms with E-state index in [0.29, 0.717) is 11.6 Å². The lowest BCUT2D eigenvalue weighted by Gasteiger charge is -2.17. The van der Waals surface area contributed by atoms with E-state index in [1.165, 1.54) is 7.05 Å². The van der Waals surface area contributed by atoms with Crippen LogP contribution in [-0.2, 0) is 16.6 Å². The summed E-state index contributed by atoms with van der Waals surface area (Å²) >= 11 is 3.04. The van der Waals surface area contributed by atoms with E-state index in [1.54, 1.807) is 6.92 Å². The number of benzene rings is 1. The molecule has 0 radical (unpaired) electrons. The minimum atomic E-state index is -3.85. The van der Waals surface area contributed by atoms with E-state index in [1.807, 2.05) is 0 Å². The molecule has 0 bridgehead atoms. The Bertz CT molecular complexity index is 777. The Labute approximate surface area is 129 Å². The van der Waals surface area contributed by atoms with Gasteiger partial charge in [-0.1, -0.05) is 0 Å². The topological polar surface area (TPSA) is 105 Å². The van der Waals surface area contributed by atoms with Crippen LogP contribution in [0.4, 0.5) is 10.1 Å². The summed E-state index contributed by atoms with van der Waals surface area (Å²) in [6.07, 6.45) is 0. The van der Waals surface area contributed by atoms with Crippen LogP contribution in [0.2, 0.25) is 0 Å². The Hall–Kier alpha value is -1.52. The maximum Gasteiger partial charge on any atom is 0.244 e. The third-order valence-corrected chi connectivity index (χ3v) is 5.51. The van der Waals surface area contributed by atoms with Gasteiger partial charge in [-0.2, -0.15) is 9.40 Å². The Balaban J connectivity index is 2.35. The average molecular weight is 378 g/mol. The molecule has 2 aromatic rings. The number of nitrogens with one attached hydrogen (secondary N) is 1. The fourth-order valence-corrected chi connectivity index (χ4v) is 3.79. The number of aromatic amines is 1. The van der Waals surface area contributed by atoms with Crippen molar-refractivity contribution in [1.82, 2.24) is 19.5 Å². The molecule has 2 rings (SSSR count). The zero-order valence-electron chi connectivity index (χ0n) is 11.3. The standard InChI is InChI=1S/C11H13BrFN5O2S/c1-6-15-11(17-16-6)5-18(2)21(19,20)10-4-9(14)8(13)3-7(10)12/h3-4H,5,14H2,1-2H3,(H,15,16,17). The van der Waals surface area contributed by atoms with Crippen molar-refractivity contribution < 1.29 is 12.8 Å². The zero-order valence-corrected chi connectivity index (χ0v) is 13.7. The molecule has 0 saturated heterocycles. The summed E-state index contributed by atoms with van der Waals surface area (Å²) in [5.41, 5.74) is 5.20. The molecule has 1 heterocycles. The molecule has 0 fully saturated rings. The van der Waals surface area contributed by atoms with Crippen LogP contribution >= 0.6 is 15.9 Å². The molecule has 10 heteroatoms. The maximum atomic E-state index is 13.3. The summed E-state index contributed by atoms with van der Waals surface area (Å²) in [4.78, 5) is 3.93. The van der Waals surface area contributed by atoms with Gasteiger partial charge in [-0.25, -0.2) is 17.8 Å².